The lowest BCUT2D eigenvalue weighted by Gasteiger charge is -2.12. The topological polar surface area (TPSA) is 109 Å². The van der Waals surface area contributed by atoms with Crippen molar-refractivity contribution in [3.63, 3.8) is 0 Å². The summed E-state index contributed by atoms with van der Waals surface area (Å²) in [6.07, 6.45) is 0. The Bertz CT molecular complexity index is 517. The predicted molar refractivity (Wildman–Crippen MR) is 62.7 cm³/mol. The number of nitrogens with zero attached hydrogens (tertiary/aromatic N) is 2. The maximum Gasteiger partial charge on any atom is 0.326 e. The number of aromatic nitrogens is 1. The minimum absolute atomic E-state index is 0.0987. The van der Waals surface area contributed by atoms with Gasteiger partial charge in [0.05, 0.1) is 19.1 Å². The number of pyridine rings is 1. The maximum absolute atomic E-state index is 11.6. The molecule has 0 saturated carbocycles. The molecule has 0 saturated heterocycles. The van der Waals surface area contributed by atoms with Crippen molar-refractivity contribution in [2.24, 2.45) is 0 Å². The first-order chi connectivity index (χ1) is 8.92. The van der Waals surface area contributed by atoms with E-state index in [1.165, 1.54) is 6.07 Å². The SMILES string of the molecule is COC(=O)C(C(=O)OC)c1nc(Cl)ccc1[N+](=O)[O-]. The van der Waals surface area contributed by atoms with Gasteiger partial charge in [0.2, 0.25) is 5.92 Å². The third-order valence-corrected chi connectivity index (χ3v) is 2.42. The largest absolute Gasteiger partial charge is 0.468 e. The van der Waals surface area contributed by atoms with E-state index in [1.54, 1.807) is 0 Å². The van der Waals surface area contributed by atoms with E-state index in [4.69, 9.17) is 11.6 Å². The number of carbonyl (C=O) groups excluding carboxylic acids is 2. The first-order valence-electron chi connectivity index (χ1n) is 4.88. The summed E-state index contributed by atoms with van der Waals surface area (Å²) in [7, 11) is 2.07. The molecule has 0 fully saturated rings. The Labute approximate surface area is 112 Å². The predicted octanol–water partition coefficient (Wildman–Crippen LogP) is 1.07. The number of carbonyl (C=O) groups is 2. The van der Waals surface area contributed by atoms with E-state index in [1.807, 2.05) is 0 Å². The normalized spacial score (nSPS) is 10.1. The highest BCUT2D eigenvalue weighted by atomic mass is 35.5. The van der Waals surface area contributed by atoms with Crippen LogP contribution in [0.5, 0.6) is 0 Å². The van der Waals surface area contributed by atoms with Crippen molar-refractivity contribution in [2.75, 3.05) is 14.2 Å². The molecule has 8 nitrogen and oxygen atoms in total. The van der Waals surface area contributed by atoms with Crippen molar-refractivity contribution in [1.29, 1.82) is 0 Å². The third-order valence-electron chi connectivity index (χ3n) is 2.21. The highest BCUT2D eigenvalue weighted by molar-refractivity contribution is 6.29. The Balaban J connectivity index is 3.44. The van der Waals surface area contributed by atoms with E-state index in [0.29, 0.717) is 0 Å². The lowest BCUT2D eigenvalue weighted by Crippen LogP contribution is -2.26. The van der Waals surface area contributed by atoms with Gasteiger partial charge in [-0.05, 0) is 6.07 Å². The number of methoxy groups -OCH3 is 2. The van der Waals surface area contributed by atoms with Gasteiger partial charge in [0, 0.05) is 6.07 Å². The number of hydrogen-bond donors (Lipinski definition) is 0. The minimum atomic E-state index is -1.66. The van der Waals surface area contributed by atoms with E-state index in [0.717, 1.165) is 20.3 Å². The van der Waals surface area contributed by atoms with Gasteiger partial charge < -0.3 is 9.47 Å². The van der Waals surface area contributed by atoms with Crippen LogP contribution in [0.4, 0.5) is 5.69 Å². The highest BCUT2D eigenvalue weighted by Crippen LogP contribution is 2.28. The smallest absolute Gasteiger partial charge is 0.326 e. The van der Waals surface area contributed by atoms with Crippen LogP contribution in [0.3, 0.4) is 0 Å². The molecule has 0 atom stereocenters. The van der Waals surface area contributed by atoms with E-state index in [9.17, 15) is 19.7 Å². The van der Waals surface area contributed by atoms with Crippen LogP contribution in [-0.2, 0) is 19.1 Å². The van der Waals surface area contributed by atoms with Crippen LogP contribution in [0, 0.1) is 10.1 Å². The van der Waals surface area contributed by atoms with Crippen LogP contribution in [-0.4, -0.2) is 36.1 Å². The zero-order valence-corrected chi connectivity index (χ0v) is 10.7. The summed E-state index contributed by atoms with van der Waals surface area (Å²) in [6.45, 7) is 0. The second-order valence-corrected chi connectivity index (χ2v) is 3.66. The first kappa shape index (κ1) is 14.8. The number of esters is 2. The van der Waals surface area contributed by atoms with Crippen LogP contribution < -0.4 is 0 Å². The molecule has 0 radical (unpaired) electrons. The molecule has 0 aliphatic rings. The fourth-order valence-electron chi connectivity index (χ4n) is 1.36. The van der Waals surface area contributed by atoms with Crippen LogP contribution in [0.1, 0.15) is 11.6 Å². The summed E-state index contributed by atoms with van der Waals surface area (Å²) in [5.41, 5.74) is -0.943. The Morgan fingerprint density at radius 2 is 1.84 bits per heavy atom. The van der Waals surface area contributed by atoms with E-state index < -0.39 is 34.2 Å². The van der Waals surface area contributed by atoms with E-state index in [-0.39, 0.29) is 5.15 Å². The zero-order chi connectivity index (χ0) is 14.6. The quantitative estimate of drug-likeness (QED) is 0.268. The van der Waals surface area contributed by atoms with Gasteiger partial charge in [-0.3, -0.25) is 19.7 Å². The molecule has 0 unspecified atom stereocenters. The number of nitro groups is 1. The fourth-order valence-corrected chi connectivity index (χ4v) is 1.52. The van der Waals surface area contributed by atoms with Gasteiger partial charge >= 0.3 is 11.9 Å². The standard InChI is InChI=1S/C10H9ClN2O6/c1-18-9(14)7(10(15)19-2)8-5(13(16)17)3-4-6(11)12-8/h3-4,7H,1-2H3. The average Bonchev–Trinajstić information content (AvgIpc) is 2.38. The van der Waals surface area contributed by atoms with Gasteiger partial charge in [0.25, 0.3) is 5.69 Å². The van der Waals surface area contributed by atoms with Crippen molar-refractivity contribution >= 4 is 29.2 Å². The van der Waals surface area contributed by atoms with Crippen molar-refractivity contribution in [3.05, 3.63) is 33.1 Å². The second-order valence-electron chi connectivity index (χ2n) is 3.27. The van der Waals surface area contributed by atoms with Crippen molar-refractivity contribution in [3.8, 4) is 0 Å². The summed E-state index contributed by atoms with van der Waals surface area (Å²) in [4.78, 5) is 36.9. The number of ether oxygens (including phenoxy) is 2. The van der Waals surface area contributed by atoms with E-state index >= 15 is 0 Å². The third kappa shape index (κ3) is 3.16. The fraction of sp³-hybridized carbons (Fsp3) is 0.300. The summed E-state index contributed by atoms with van der Waals surface area (Å²) in [6, 6.07) is 2.22. The lowest BCUT2D eigenvalue weighted by molar-refractivity contribution is -0.386. The average molecular weight is 289 g/mol. The molecule has 102 valence electrons. The molecule has 0 amide bonds. The van der Waals surface area contributed by atoms with Gasteiger partial charge in [-0.1, -0.05) is 11.6 Å². The Hall–Kier alpha value is -2.22. The molecule has 19 heavy (non-hydrogen) atoms. The van der Waals surface area contributed by atoms with Gasteiger partial charge in [-0.2, -0.15) is 0 Å². The molecule has 0 bridgehead atoms. The summed E-state index contributed by atoms with van der Waals surface area (Å²) in [5, 5.41) is 10.8. The Kier molecular flexibility index (Phi) is 4.76. The second kappa shape index (κ2) is 6.10. The van der Waals surface area contributed by atoms with Crippen molar-refractivity contribution < 1.29 is 24.0 Å². The number of rotatable bonds is 4. The molecule has 1 rings (SSSR count). The van der Waals surface area contributed by atoms with Gasteiger partial charge in [-0.25, -0.2) is 4.98 Å². The minimum Gasteiger partial charge on any atom is -0.468 e. The van der Waals surface area contributed by atoms with Crippen molar-refractivity contribution in [2.45, 2.75) is 5.92 Å². The molecule has 0 aliphatic carbocycles. The zero-order valence-electron chi connectivity index (χ0n) is 9.95. The Morgan fingerprint density at radius 1 is 1.32 bits per heavy atom. The molecule has 0 aliphatic heterocycles. The molecular weight excluding hydrogens is 280 g/mol. The van der Waals surface area contributed by atoms with Crippen LogP contribution in [0.25, 0.3) is 0 Å². The molecule has 0 spiro atoms. The molecule has 0 N–H and O–H groups in total. The maximum atomic E-state index is 11.6. The monoisotopic (exact) mass is 288 g/mol. The number of halogens is 1. The summed E-state index contributed by atoms with van der Waals surface area (Å²) < 4.78 is 8.84. The van der Waals surface area contributed by atoms with Gasteiger partial charge in [0.15, 0.2) is 0 Å². The highest BCUT2D eigenvalue weighted by Gasteiger charge is 2.37. The molecule has 1 aromatic rings. The van der Waals surface area contributed by atoms with Crippen LogP contribution in [0.15, 0.2) is 12.1 Å². The summed E-state index contributed by atoms with van der Waals surface area (Å²) in [5.74, 6) is -3.71. The van der Waals surface area contributed by atoms with Gasteiger partial charge in [0.1, 0.15) is 10.8 Å². The van der Waals surface area contributed by atoms with Crippen LogP contribution in [0.2, 0.25) is 5.15 Å². The first-order valence-corrected chi connectivity index (χ1v) is 5.26. The molecule has 9 heteroatoms. The number of hydrogen-bond acceptors (Lipinski definition) is 7. The lowest BCUT2D eigenvalue weighted by atomic mass is 10.0. The molecular formula is C10H9ClN2O6. The Morgan fingerprint density at radius 3 is 2.26 bits per heavy atom. The van der Waals surface area contributed by atoms with E-state index in [2.05, 4.69) is 14.5 Å². The van der Waals surface area contributed by atoms with Crippen LogP contribution >= 0.6 is 11.6 Å². The van der Waals surface area contributed by atoms with Gasteiger partial charge in [-0.15, -0.1) is 0 Å². The molecule has 0 aromatic carbocycles. The summed E-state index contributed by atoms with van der Waals surface area (Å²) >= 11 is 5.62. The van der Waals surface area contributed by atoms with Crippen molar-refractivity contribution in [1.82, 2.24) is 4.98 Å². The molecule has 1 heterocycles. The molecule has 1 aromatic heterocycles.